The molecule has 0 radical (unpaired) electrons. The Labute approximate surface area is 201 Å². The summed E-state index contributed by atoms with van der Waals surface area (Å²) in [6.07, 6.45) is 2.57. The highest BCUT2D eigenvalue weighted by atomic mass is 35.5. The minimum Gasteiger partial charge on any atom is -0.465 e. The van der Waals surface area contributed by atoms with E-state index in [2.05, 4.69) is 0 Å². The second kappa shape index (κ2) is 9.46. The van der Waals surface area contributed by atoms with Gasteiger partial charge in [0.25, 0.3) is 0 Å². The fourth-order valence-corrected chi connectivity index (χ4v) is 6.35. The van der Waals surface area contributed by atoms with Crippen LogP contribution in [-0.4, -0.2) is 49.4 Å². The van der Waals surface area contributed by atoms with Gasteiger partial charge < -0.3 is 4.74 Å². The van der Waals surface area contributed by atoms with Crippen molar-refractivity contribution in [1.82, 2.24) is 8.87 Å². The van der Waals surface area contributed by atoms with Gasteiger partial charge in [-0.05, 0) is 36.6 Å². The summed E-state index contributed by atoms with van der Waals surface area (Å²) >= 11 is 12.1. The molecule has 1 aliphatic heterocycles. The molecule has 0 aliphatic carbocycles. The van der Waals surface area contributed by atoms with Crippen LogP contribution in [0, 0.1) is 5.92 Å². The van der Waals surface area contributed by atoms with Crippen molar-refractivity contribution in [3.05, 3.63) is 69.8 Å². The van der Waals surface area contributed by atoms with Gasteiger partial charge in [0.1, 0.15) is 0 Å². The minimum atomic E-state index is -3.70. The van der Waals surface area contributed by atoms with Crippen LogP contribution in [0.1, 0.15) is 33.6 Å². The third-order valence-electron chi connectivity index (χ3n) is 5.83. The van der Waals surface area contributed by atoms with E-state index in [9.17, 15) is 18.0 Å². The average molecular weight is 509 g/mol. The van der Waals surface area contributed by atoms with E-state index in [1.165, 1.54) is 28.2 Å². The highest BCUT2D eigenvalue weighted by molar-refractivity contribution is 7.88. The highest BCUT2D eigenvalue weighted by Crippen LogP contribution is 2.29. The van der Waals surface area contributed by atoms with Crippen molar-refractivity contribution in [2.24, 2.45) is 5.92 Å². The molecule has 3 aromatic rings. The molecule has 2 aromatic carbocycles. The summed E-state index contributed by atoms with van der Waals surface area (Å²) in [7, 11) is -2.42. The Hall–Kier alpha value is -2.39. The second-order valence-electron chi connectivity index (χ2n) is 7.95. The Morgan fingerprint density at radius 3 is 2.64 bits per heavy atom. The number of aromatic nitrogens is 1. The molecular formula is C23H22Cl2N2O5S. The molecule has 1 aromatic heterocycles. The summed E-state index contributed by atoms with van der Waals surface area (Å²) in [5.74, 6) is -1.62. The number of fused-ring (bicyclic) bond motifs is 1. The van der Waals surface area contributed by atoms with Gasteiger partial charge in [-0.1, -0.05) is 47.5 Å². The van der Waals surface area contributed by atoms with E-state index in [1.807, 2.05) is 0 Å². The lowest BCUT2D eigenvalue weighted by atomic mass is 9.98. The molecule has 1 aliphatic rings. The molecule has 0 N–H and O–H groups in total. The molecule has 7 nitrogen and oxygen atoms in total. The summed E-state index contributed by atoms with van der Waals surface area (Å²) in [6.45, 7) is 0.392. The first kappa shape index (κ1) is 23.8. The number of para-hydroxylation sites is 1. The number of esters is 1. The monoisotopic (exact) mass is 508 g/mol. The quantitative estimate of drug-likeness (QED) is 0.469. The number of methoxy groups -OCH3 is 1. The van der Waals surface area contributed by atoms with E-state index in [0.717, 1.165) is 0 Å². The molecular weight excluding hydrogens is 487 g/mol. The Morgan fingerprint density at radius 1 is 1.15 bits per heavy atom. The third kappa shape index (κ3) is 4.80. The van der Waals surface area contributed by atoms with Crippen molar-refractivity contribution < 1.29 is 22.7 Å². The lowest BCUT2D eigenvalue weighted by Gasteiger charge is -2.31. The van der Waals surface area contributed by atoms with Gasteiger partial charge in [-0.25, -0.2) is 17.5 Å². The van der Waals surface area contributed by atoms with Crippen molar-refractivity contribution in [3.8, 4) is 0 Å². The maximum atomic E-state index is 13.4. The molecule has 174 valence electrons. The van der Waals surface area contributed by atoms with Gasteiger partial charge in [-0.2, -0.15) is 0 Å². The first-order valence-electron chi connectivity index (χ1n) is 10.4. The van der Waals surface area contributed by atoms with E-state index < -0.39 is 21.9 Å². The number of hydrogen-bond donors (Lipinski definition) is 0. The van der Waals surface area contributed by atoms with Crippen LogP contribution in [-0.2, 0) is 20.5 Å². The van der Waals surface area contributed by atoms with E-state index in [4.69, 9.17) is 27.9 Å². The molecule has 0 spiro atoms. The van der Waals surface area contributed by atoms with Gasteiger partial charge in [0.2, 0.25) is 15.9 Å². The number of sulfonamides is 1. The smallest absolute Gasteiger partial charge is 0.340 e. The van der Waals surface area contributed by atoms with Crippen LogP contribution in [0.5, 0.6) is 0 Å². The predicted octanol–water partition coefficient (Wildman–Crippen LogP) is 4.62. The number of benzene rings is 2. The number of nitrogens with zero attached hydrogens (tertiary/aromatic N) is 2. The van der Waals surface area contributed by atoms with Crippen LogP contribution < -0.4 is 0 Å². The number of rotatable bonds is 5. The molecule has 1 saturated heterocycles. The van der Waals surface area contributed by atoms with Crippen LogP contribution in [0.2, 0.25) is 10.0 Å². The van der Waals surface area contributed by atoms with Crippen molar-refractivity contribution in [2.75, 3.05) is 20.2 Å². The summed E-state index contributed by atoms with van der Waals surface area (Å²) in [6, 6.07) is 11.7. The largest absolute Gasteiger partial charge is 0.465 e. The van der Waals surface area contributed by atoms with Crippen molar-refractivity contribution in [2.45, 2.75) is 18.6 Å². The maximum absolute atomic E-state index is 13.4. The average Bonchev–Trinajstić information content (AvgIpc) is 3.20. The Bertz CT molecular complexity index is 1340. The van der Waals surface area contributed by atoms with Crippen LogP contribution in [0.15, 0.2) is 48.7 Å². The number of ether oxygens (including phenoxy) is 1. The van der Waals surface area contributed by atoms with Crippen LogP contribution in [0.25, 0.3) is 10.9 Å². The van der Waals surface area contributed by atoms with Crippen LogP contribution >= 0.6 is 23.2 Å². The van der Waals surface area contributed by atoms with Crippen molar-refractivity contribution in [1.29, 1.82) is 0 Å². The van der Waals surface area contributed by atoms with Gasteiger partial charge >= 0.3 is 5.97 Å². The molecule has 10 heteroatoms. The molecule has 4 rings (SSSR count). The fourth-order valence-electron chi connectivity index (χ4n) is 4.15. The molecule has 33 heavy (non-hydrogen) atoms. The summed E-state index contributed by atoms with van der Waals surface area (Å²) in [4.78, 5) is 25.6. The van der Waals surface area contributed by atoms with Crippen molar-refractivity contribution >= 4 is 56.0 Å². The normalized spacial score (nSPS) is 17.2. The molecule has 0 amide bonds. The number of piperidine rings is 1. The lowest BCUT2D eigenvalue weighted by Crippen LogP contribution is -2.43. The standard InChI is InChI=1S/C23H22Cl2N2O5S/c1-32-23(29)19-13-27(21-7-3-2-6-18(19)21)22(28)15-5-4-10-26(12-15)33(30,31)14-16-8-9-17(24)11-20(16)25/h2-3,6-9,11,13,15H,4-5,10,12,14H2,1H3. The molecule has 1 unspecified atom stereocenters. The SMILES string of the molecule is COC(=O)c1cn(C(=O)C2CCCN(S(=O)(=O)Cc3ccc(Cl)cc3Cl)C2)c2ccccc12. The first-order valence-corrected chi connectivity index (χ1v) is 12.7. The second-order valence-corrected chi connectivity index (χ2v) is 10.8. The summed E-state index contributed by atoms with van der Waals surface area (Å²) in [5, 5.41) is 1.32. The minimum absolute atomic E-state index is 0.0619. The third-order valence-corrected chi connectivity index (χ3v) is 8.22. The van der Waals surface area contributed by atoms with Gasteiger partial charge in [-0.3, -0.25) is 9.36 Å². The zero-order chi connectivity index (χ0) is 23.8. The van der Waals surface area contributed by atoms with Crippen LogP contribution in [0.3, 0.4) is 0 Å². The number of hydrogen-bond acceptors (Lipinski definition) is 5. The van der Waals surface area contributed by atoms with Crippen molar-refractivity contribution in [3.63, 3.8) is 0 Å². The number of carbonyl (C=O) groups excluding carboxylic acids is 2. The van der Waals surface area contributed by atoms with E-state index >= 15 is 0 Å². The predicted molar refractivity (Wildman–Crippen MR) is 127 cm³/mol. The van der Waals surface area contributed by atoms with E-state index in [1.54, 1.807) is 36.4 Å². The first-order chi connectivity index (χ1) is 15.7. The van der Waals surface area contributed by atoms with Gasteiger partial charge in [0.05, 0.1) is 29.9 Å². The van der Waals surface area contributed by atoms with Crippen LogP contribution in [0.4, 0.5) is 0 Å². The molecule has 1 fully saturated rings. The number of halogens is 2. The Kier molecular flexibility index (Phi) is 6.81. The molecule has 0 bridgehead atoms. The van der Waals surface area contributed by atoms with E-state index in [-0.39, 0.29) is 23.2 Å². The summed E-state index contributed by atoms with van der Waals surface area (Å²) < 4.78 is 33.8. The fraction of sp³-hybridized carbons (Fsp3) is 0.304. The lowest BCUT2D eigenvalue weighted by molar-refractivity contribution is 0.0603. The zero-order valence-corrected chi connectivity index (χ0v) is 20.2. The number of carbonyl (C=O) groups is 2. The Balaban J connectivity index is 1.59. The van der Waals surface area contributed by atoms with Gasteiger partial charge in [-0.15, -0.1) is 0 Å². The molecule has 2 heterocycles. The topological polar surface area (TPSA) is 85.7 Å². The van der Waals surface area contributed by atoms with Gasteiger partial charge in [0.15, 0.2) is 0 Å². The zero-order valence-electron chi connectivity index (χ0n) is 17.8. The van der Waals surface area contributed by atoms with Gasteiger partial charge in [0, 0.05) is 34.7 Å². The molecule has 0 saturated carbocycles. The Morgan fingerprint density at radius 2 is 1.91 bits per heavy atom. The highest BCUT2D eigenvalue weighted by Gasteiger charge is 2.34. The van der Waals surface area contributed by atoms with E-state index in [0.29, 0.717) is 46.4 Å². The maximum Gasteiger partial charge on any atom is 0.340 e. The summed E-state index contributed by atoms with van der Waals surface area (Å²) in [5.41, 5.74) is 1.32. The molecule has 1 atom stereocenters.